The van der Waals surface area contributed by atoms with Crippen molar-refractivity contribution >= 4 is 15.8 Å². The van der Waals surface area contributed by atoms with Gasteiger partial charge in [-0.2, -0.15) is 17.0 Å². The predicted octanol–water partition coefficient (Wildman–Crippen LogP) is 3.32. The van der Waals surface area contributed by atoms with Crippen LogP contribution in [0.4, 0.5) is 0 Å². The van der Waals surface area contributed by atoms with Crippen molar-refractivity contribution in [3.8, 4) is 0 Å². The molecule has 0 aromatic heterocycles. The van der Waals surface area contributed by atoms with Gasteiger partial charge in [0, 0.05) is 14.1 Å². The lowest BCUT2D eigenvalue weighted by Gasteiger charge is -2.12. The standard InChI is InChI=1S/C19H22N2O2S/c1-15(16-10-6-4-7-11-16)14-18-19(17-12-8-5-9-13-17)21(18)24(22,23)20(2)3/h4-14,18-19H,1-3H3/b15-14+/t18-,19+,21?/m0/s1. The fourth-order valence-corrected chi connectivity index (χ4v) is 4.27. The molecule has 1 unspecified atom stereocenters. The number of nitrogens with zero attached hydrogens (tertiary/aromatic N) is 2. The van der Waals surface area contributed by atoms with Gasteiger partial charge in [0.2, 0.25) is 0 Å². The van der Waals surface area contributed by atoms with Crippen molar-refractivity contribution in [2.24, 2.45) is 0 Å². The number of hydrogen-bond donors (Lipinski definition) is 0. The molecule has 126 valence electrons. The Bertz CT molecular complexity index is 830. The van der Waals surface area contributed by atoms with E-state index in [0.29, 0.717) is 0 Å². The Labute approximate surface area is 144 Å². The van der Waals surface area contributed by atoms with Crippen molar-refractivity contribution in [2.75, 3.05) is 14.1 Å². The second-order valence-corrected chi connectivity index (χ2v) is 8.23. The van der Waals surface area contributed by atoms with E-state index in [1.807, 2.05) is 73.7 Å². The lowest BCUT2D eigenvalue weighted by molar-refractivity contribution is 0.476. The van der Waals surface area contributed by atoms with Crippen LogP contribution in [0.15, 0.2) is 66.7 Å². The molecule has 3 rings (SSSR count). The third kappa shape index (κ3) is 3.15. The van der Waals surface area contributed by atoms with Crippen molar-refractivity contribution in [3.05, 3.63) is 77.9 Å². The maximum absolute atomic E-state index is 12.6. The highest BCUT2D eigenvalue weighted by Crippen LogP contribution is 2.47. The molecule has 2 aromatic carbocycles. The first-order chi connectivity index (χ1) is 11.4. The first-order valence-corrected chi connectivity index (χ1v) is 9.32. The summed E-state index contributed by atoms with van der Waals surface area (Å²) in [6.07, 6.45) is 2.05. The molecule has 4 nitrogen and oxygen atoms in total. The molecule has 0 amide bonds. The molecule has 0 saturated carbocycles. The minimum atomic E-state index is -3.46. The average Bonchev–Trinajstić information content (AvgIpc) is 3.31. The van der Waals surface area contributed by atoms with E-state index in [-0.39, 0.29) is 12.1 Å². The van der Waals surface area contributed by atoms with E-state index in [9.17, 15) is 8.42 Å². The zero-order valence-electron chi connectivity index (χ0n) is 14.1. The van der Waals surface area contributed by atoms with Crippen molar-refractivity contribution < 1.29 is 8.42 Å². The Balaban J connectivity index is 1.96. The summed E-state index contributed by atoms with van der Waals surface area (Å²) in [5, 5.41) is 0. The molecule has 1 aliphatic rings. The molecule has 0 spiro atoms. The summed E-state index contributed by atoms with van der Waals surface area (Å²) in [4.78, 5) is 0. The zero-order valence-corrected chi connectivity index (χ0v) is 14.9. The summed E-state index contributed by atoms with van der Waals surface area (Å²) in [5.74, 6) is 0. The van der Waals surface area contributed by atoms with Gasteiger partial charge in [0.15, 0.2) is 0 Å². The first-order valence-electron chi connectivity index (χ1n) is 7.92. The molecule has 24 heavy (non-hydrogen) atoms. The van der Waals surface area contributed by atoms with Crippen LogP contribution in [0, 0.1) is 0 Å². The minimum Gasteiger partial charge on any atom is -0.195 e. The Hall–Kier alpha value is -1.95. The van der Waals surface area contributed by atoms with Crippen LogP contribution in [0.25, 0.3) is 5.57 Å². The molecular formula is C19H22N2O2S. The monoisotopic (exact) mass is 342 g/mol. The minimum absolute atomic E-state index is 0.141. The van der Waals surface area contributed by atoms with Gasteiger partial charge < -0.3 is 0 Å². The van der Waals surface area contributed by atoms with Crippen LogP contribution in [0.3, 0.4) is 0 Å². The average molecular weight is 342 g/mol. The lowest BCUT2D eigenvalue weighted by atomic mass is 10.0. The molecular weight excluding hydrogens is 320 g/mol. The van der Waals surface area contributed by atoms with Gasteiger partial charge in [-0.1, -0.05) is 66.7 Å². The molecule has 1 heterocycles. The molecule has 1 fully saturated rings. The van der Waals surface area contributed by atoms with E-state index < -0.39 is 10.2 Å². The van der Waals surface area contributed by atoms with Gasteiger partial charge in [-0.05, 0) is 23.6 Å². The van der Waals surface area contributed by atoms with E-state index >= 15 is 0 Å². The first kappa shape index (κ1) is 16.9. The second-order valence-electron chi connectivity index (χ2n) is 6.18. The summed E-state index contributed by atoms with van der Waals surface area (Å²) in [7, 11) is -0.316. The lowest BCUT2D eigenvalue weighted by Crippen LogP contribution is -2.29. The van der Waals surface area contributed by atoms with E-state index in [1.54, 1.807) is 18.4 Å². The Morgan fingerprint density at radius 3 is 2.08 bits per heavy atom. The molecule has 2 aromatic rings. The van der Waals surface area contributed by atoms with Gasteiger partial charge in [0.05, 0.1) is 12.1 Å². The third-order valence-corrected chi connectivity index (χ3v) is 6.25. The van der Waals surface area contributed by atoms with Gasteiger partial charge in [0.1, 0.15) is 0 Å². The Morgan fingerprint density at radius 1 is 1.00 bits per heavy atom. The number of benzene rings is 2. The van der Waals surface area contributed by atoms with E-state index in [0.717, 1.165) is 16.7 Å². The normalized spacial score (nSPS) is 24.2. The molecule has 5 heteroatoms. The Morgan fingerprint density at radius 2 is 1.54 bits per heavy atom. The molecule has 0 aliphatic carbocycles. The van der Waals surface area contributed by atoms with Crippen LogP contribution in [0.5, 0.6) is 0 Å². The number of hydrogen-bond acceptors (Lipinski definition) is 2. The maximum atomic E-state index is 12.6. The van der Waals surface area contributed by atoms with Crippen molar-refractivity contribution in [3.63, 3.8) is 0 Å². The Kier molecular flexibility index (Phi) is 4.58. The van der Waals surface area contributed by atoms with Crippen LogP contribution >= 0.6 is 0 Å². The fourth-order valence-electron chi connectivity index (χ4n) is 2.93. The molecule has 0 radical (unpaired) electrons. The van der Waals surface area contributed by atoms with Crippen LogP contribution in [0.2, 0.25) is 0 Å². The summed E-state index contributed by atoms with van der Waals surface area (Å²) in [6.45, 7) is 2.02. The van der Waals surface area contributed by atoms with Crippen molar-refractivity contribution in [2.45, 2.75) is 19.0 Å². The quantitative estimate of drug-likeness (QED) is 0.782. The maximum Gasteiger partial charge on any atom is 0.282 e. The summed E-state index contributed by atoms with van der Waals surface area (Å²) in [6, 6.07) is 19.5. The van der Waals surface area contributed by atoms with Gasteiger partial charge >= 0.3 is 0 Å². The summed E-state index contributed by atoms with van der Waals surface area (Å²) >= 11 is 0. The third-order valence-electron chi connectivity index (χ3n) is 4.32. The largest absolute Gasteiger partial charge is 0.282 e. The van der Waals surface area contributed by atoms with E-state index in [2.05, 4.69) is 0 Å². The van der Waals surface area contributed by atoms with Gasteiger partial charge in [-0.25, -0.2) is 0 Å². The van der Waals surface area contributed by atoms with Crippen molar-refractivity contribution in [1.29, 1.82) is 0 Å². The summed E-state index contributed by atoms with van der Waals surface area (Å²) < 4.78 is 28.1. The fraction of sp³-hybridized carbons (Fsp3) is 0.263. The van der Waals surface area contributed by atoms with Crippen LogP contribution < -0.4 is 0 Å². The molecule has 0 bridgehead atoms. The van der Waals surface area contributed by atoms with Gasteiger partial charge in [-0.3, -0.25) is 0 Å². The highest BCUT2D eigenvalue weighted by Gasteiger charge is 2.55. The highest BCUT2D eigenvalue weighted by molar-refractivity contribution is 7.87. The summed E-state index contributed by atoms with van der Waals surface area (Å²) in [5.41, 5.74) is 3.21. The van der Waals surface area contributed by atoms with Crippen LogP contribution in [-0.2, 0) is 10.2 Å². The topological polar surface area (TPSA) is 40.4 Å². The zero-order chi connectivity index (χ0) is 17.3. The molecule has 1 saturated heterocycles. The van der Waals surface area contributed by atoms with Crippen molar-refractivity contribution in [1.82, 2.24) is 8.61 Å². The van der Waals surface area contributed by atoms with Gasteiger partial charge in [0.25, 0.3) is 10.2 Å². The smallest absolute Gasteiger partial charge is 0.195 e. The number of allylic oxidation sites excluding steroid dienone is 1. The SMILES string of the molecule is C/C(=C\[C@H]1[C@@H](c2ccccc2)N1S(=O)(=O)N(C)C)c1ccccc1. The van der Waals surface area contributed by atoms with Crippen LogP contribution in [0.1, 0.15) is 24.1 Å². The second kappa shape index (κ2) is 6.51. The molecule has 1 aliphatic heterocycles. The van der Waals surface area contributed by atoms with Crippen LogP contribution in [-0.4, -0.2) is 37.2 Å². The molecule has 3 atom stereocenters. The van der Waals surface area contributed by atoms with Gasteiger partial charge in [-0.15, -0.1) is 0 Å². The number of rotatable bonds is 5. The van der Waals surface area contributed by atoms with E-state index in [1.165, 1.54) is 4.31 Å². The predicted molar refractivity (Wildman–Crippen MR) is 97.5 cm³/mol. The molecule has 0 N–H and O–H groups in total. The van der Waals surface area contributed by atoms with E-state index in [4.69, 9.17) is 0 Å². The highest BCUT2D eigenvalue weighted by atomic mass is 32.2.